The molecule has 1 fully saturated rings. The Hall–Kier alpha value is -2.24. The van der Waals surface area contributed by atoms with Crippen LogP contribution in [0.4, 0.5) is 5.69 Å². The Balaban J connectivity index is 1.69. The van der Waals surface area contributed by atoms with Gasteiger partial charge in [-0.2, -0.15) is 0 Å². The number of amides is 2. The lowest BCUT2D eigenvalue weighted by Gasteiger charge is -2.55. The molecule has 1 saturated heterocycles. The summed E-state index contributed by atoms with van der Waals surface area (Å²) in [4.78, 5) is 28.9. The standard InChI is InChI=1S/C24H15Br2NO2/c25-23-15-10-4-5-11-16(15)24(26,18-13-7-6-12-17(18)23)20-19(23)21(28)27(22(20)29)14-8-2-1-3-9-14/h1-13,19-20H. The molecule has 3 aliphatic carbocycles. The fourth-order valence-electron chi connectivity index (χ4n) is 5.50. The molecule has 2 bridgehead atoms. The number of anilines is 1. The highest BCUT2D eigenvalue weighted by Gasteiger charge is 2.72. The lowest BCUT2D eigenvalue weighted by molar-refractivity contribution is -0.122. The minimum atomic E-state index is -0.739. The summed E-state index contributed by atoms with van der Waals surface area (Å²) in [7, 11) is 0. The first-order valence-electron chi connectivity index (χ1n) is 9.51. The number of halogens is 2. The lowest BCUT2D eigenvalue weighted by atomic mass is 9.54. The van der Waals surface area contributed by atoms with Gasteiger partial charge in [0.25, 0.3) is 0 Å². The summed E-state index contributed by atoms with van der Waals surface area (Å²) in [6.45, 7) is 0. The zero-order valence-corrected chi connectivity index (χ0v) is 18.4. The summed E-state index contributed by atoms with van der Waals surface area (Å²) in [6.07, 6.45) is 0. The third kappa shape index (κ3) is 1.89. The third-order valence-corrected chi connectivity index (χ3v) is 9.29. The number of benzene rings is 3. The molecular formula is C24H15Br2NO2. The smallest absolute Gasteiger partial charge is 0.239 e. The fourth-order valence-corrected chi connectivity index (χ4v) is 7.80. The maximum Gasteiger partial charge on any atom is 0.239 e. The maximum absolute atomic E-state index is 13.8. The van der Waals surface area contributed by atoms with Crippen LogP contribution in [0.3, 0.4) is 0 Å². The van der Waals surface area contributed by atoms with Gasteiger partial charge in [0.2, 0.25) is 11.8 Å². The van der Waals surface area contributed by atoms with Crippen LogP contribution in [0.25, 0.3) is 0 Å². The van der Waals surface area contributed by atoms with Crippen molar-refractivity contribution in [3.63, 3.8) is 0 Å². The molecule has 0 N–H and O–H groups in total. The summed E-state index contributed by atoms with van der Waals surface area (Å²) < 4.78 is -1.48. The van der Waals surface area contributed by atoms with Gasteiger partial charge in [0.05, 0.1) is 26.2 Å². The molecule has 29 heavy (non-hydrogen) atoms. The molecule has 0 saturated carbocycles. The Labute approximate surface area is 185 Å². The van der Waals surface area contributed by atoms with Gasteiger partial charge in [-0.1, -0.05) is 98.6 Å². The Morgan fingerprint density at radius 1 is 0.586 bits per heavy atom. The van der Waals surface area contributed by atoms with Crippen LogP contribution in [0.1, 0.15) is 22.3 Å². The van der Waals surface area contributed by atoms with E-state index in [0.29, 0.717) is 5.69 Å². The van der Waals surface area contributed by atoms with E-state index in [1.165, 1.54) is 4.90 Å². The molecular weight excluding hydrogens is 494 g/mol. The second-order valence-corrected chi connectivity index (χ2v) is 10.3. The number of alkyl halides is 2. The average Bonchev–Trinajstić information content (AvgIpc) is 3.04. The van der Waals surface area contributed by atoms with Gasteiger partial charge in [-0.3, -0.25) is 9.59 Å². The van der Waals surface area contributed by atoms with Crippen LogP contribution in [-0.2, 0) is 18.2 Å². The number of nitrogens with zero attached hydrogens (tertiary/aromatic N) is 1. The summed E-state index contributed by atoms with van der Waals surface area (Å²) >= 11 is 8.02. The van der Waals surface area contributed by atoms with Crippen LogP contribution in [0, 0.1) is 11.8 Å². The molecule has 0 aromatic heterocycles. The molecule has 5 heteroatoms. The molecule has 1 aliphatic heterocycles. The molecule has 7 rings (SSSR count). The zero-order chi connectivity index (χ0) is 20.0. The molecule has 2 amide bonds. The molecule has 1 heterocycles. The first-order chi connectivity index (χ1) is 14.0. The number of para-hydroxylation sites is 1. The van der Waals surface area contributed by atoms with Crippen molar-refractivity contribution in [3.05, 3.63) is 101 Å². The molecule has 142 valence electrons. The number of rotatable bonds is 1. The van der Waals surface area contributed by atoms with Crippen molar-refractivity contribution in [3.8, 4) is 0 Å². The van der Waals surface area contributed by atoms with E-state index in [9.17, 15) is 9.59 Å². The van der Waals surface area contributed by atoms with Gasteiger partial charge in [-0.05, 0) is 34.4 Å². The lowest BCUT2D eigenvalue weighted by Crippen LogP contribution is -2.56. The van der Waals surface area contributed by atoms with Crippen molar-refractivity contribution in [2.45, 2.75) is 8.65 Å². The van der Waals surface area contributed by atoms with E-state index >= 15 is 0 Å². The van der Waals surface area contributed by atoms with Crippen LogP contribution in [0.2, 0.25) is 0 Å². The maximum atomic E-state index is 13.8. The minimum Gasteiger partial charge on any atom is -0.274 e. The van der Waals surface area contributed by atoms with E-state index in [0.717, 1.165) is 22.3 Å². The molecule has 3 aromatic rings. The number of imide groups is 1. The molecule has 2 unspecified atom stereocenters. The van der Waals surface area contributed by atoms with Crippen LogP contribution in [0.15, 0.2) is 78.9 Å². The molecule has 4 aliphatic rings. The van der Waals surface area contributed by atoms with Gasteiger partial charge in [0.1, 0.15) is 0 Å². The van der Waals surface area contributed by atoms with Gasteiger partial charge >= 0.3 is 0 Å². The SMILES string of the molecule is O=C1C2C(C(=O)N1c1ccccc1)C1(Br)c3ccccc3C2(Br)c2ccccc21. The van der Waals surface area contributed by atoms with Crippen molar-refractivity contribution >= 4 is 49.4 Å². The first-order valence-corrected chi connectivity index (χ1v) is 11.1. The topological polar surface area (TPSA) is 37.4 Å². The number of carbonyl (C=O) groups excluding carboxylic acids is 2. The van der Waals surface area contributed by atoms with Gasteiger partial charge in [-0.25, -0.2) is 4.90 Å². The van der Waals surface area contributed by atoms with Crippen LogP contribution in [-0.4, -0.2) is 11.8 Å². The molecule has 0 radical (unpaired) electrons. The Morgan fingerprint density at radius 2 is 0.931 bits per heavy atom. The summed E-state index contributed by atoms with van der Waals surface area (Å²) in [6, 6.07) is 25.4. The van der Waals surface area contributed by atoms with Crippen molar-refractivity contribution in [2.24, 2.45) is 11.8 Å². The first kappa shape index (κ1) is 17.6. The van der Waals surface area contributed by atoms with E-state index in [4.69, 9.17) is 0 Å². The molecule has 3 nitrogen and oxygen atoms in total. The van der Waals surface area contributed by atoms with Crippen molar-refractivity contribution in [1.82, 2.24) is 0 Å². The third-order valence-electron chi connectivity index (χ3n) is 6.60. The van der Waals surface area contributed by atoms with E-state index in [2.05, 4.69) is 56.1 Å². The summed E-state index contributed by atoms with van der Waals surface area (Å²) in [5, 5.41) is 0. The number of hydrogen-bond donors (Lipinski definition) is 0. The highest BCUT2D eigenvalue weighted by Crippen LogP contribution is 2.70. The van der Waals surface area contributed by atoms with E-state index in [-0.39, 0.29) is 11.8 Å². The van der Waals surface area contributed by atoms with Crippen molar-refractivity contribution in [1.29, 1.82) is 0 Å². The van der Waals surface area contributed by atoms with Crippen molar-refractivity contribution < 1.29 is 9.59 Å². The zero-order valence-electron chi connectivity index (χ0n) is 15.2. The minimum absolute atomic E-state index is 0.157. The largest absolute Gasteiger partial charge is 0.274 e. The second kappa shape index (κ2) is 5.67. The highest BCUT2D eigenvalue weighted by atomic mass is 79.9. The average molecular weight is 509 g/mol. The Kier molecular flexibility index (Phi) is 3.44. The van der Waals surface area contributed by atoms with Crippen LogP contribution >= 0.6 is 31.9 Å². The highest BCUT2D eigenvalue weighted by molar-refractivity contribution is 9.10. The van der Waals surface area contributed by atoms with E-state index in [1.807, 2.05) is 54.6 Å². The van der Waals surface area contributed by atoms with Crippen LogP contribution < -0.4 is 4.90 Å². The monoisotopic (exact) mass is 507 g/mol. The number of carbonyl (C=O) groups is 2. The van der Waals surface area contributed by atoms with E-state index < -0.39 is 20.5 Å². The Morgan fingerprint density at radius 3 is 1.31 bits per heavy atom. The normalized spacial score (nSPS) is 31.4. The van der Waals surface area contributed by atoms with E-state index in [1.54, 1.807) is 0 Å². The number of hydrogen-bond acceptors (Lipinski definition) is 2. The molecule has 2 atom stereocenters. The van der Waals surface area contributed by atoms with Gasteiger partial charge in [-0.15, -0.1) is 0 Å². The molecule has 3 aromatic carbocycles. The fraction of sp³-hybridized carbons (Fsp3) is 0.167. The quantitative estimate of drug-likeness (QED) is 0.339. The van der Waals surface area contributed by atoms with Gasteiger partial charge in [0.15, 0.2) is 0 Å². The second-order valence-electron chi connectivity index (χ2n) is 7.82. The Bertz CT molecular complexity index is 1080. The predicted octanol–water partition coefficient (Wildman–Crippen LogP) is 5.10. The van der Waals surface area contributed by atoms with Crippen molar-refractivity contribution in [2.75, 3.05) is 4.90 Å². The predicted molar refractivity (Wildman–Crippen MR) is 118 cm³/mol. The van der Waals surface area contributed by atoms with Crippen LogP contribution in [0.5, 0.6) is 0 Å². The summed E-state index contributed by atoms with van der Waals surface area (Å²) in [5.74, 6) is -1.37. The summed E-state index contributed by atoms with van der Waals surface area (Å²) in [5.41, 5.74) is 4.82. The van der Waals surface area contributed by atoms with Gasteiger partial charge in [0, 0.05) is 0 Å². The van der Waals surface area contributed by atoms with Gasteiger partial charge < -0.3 is 0 Å². The molecule has 0 spiro atoms.